The lowest BCUT2D eigenvalue weighted by Crippen LogP contribution is -1.69. The molecule has 0 atom stereocenters. The average molecular weight is 229 g/mol. The summed E-state index contributed by atoms with van der Waals surface area (Å²) in [4.78, 5) is 3.38. The second kappa shape index (κ2) is 6.68. The number of nitrogens with one attached hydrogen (secondary N) is 1. The van der Waals surface area contributed by atoms with E-state index in [1.165, 1.54) is 35.9 Å². The number of aromatic nitrogens is 1. The highest BCUT2D eigenvalue weighted by atomic mass is 14.7. The zero-order valence-electron chi connectivity index (χ0n) is 10.3. The lowest BCUT2D eigenvalue weighted by molar-refractivity contribution is 1.48. The molecule has 3 nitrogen and oxygen atoms in total. The minimum atomic E-state index is 1.21. The van der Waals surface area contributed by atoms with Gasteiger partial charge in [0.15, 0.2) is 0 Å². The van der Waals surface area contributed by atoms with E-state index in [4.69, 9.17) is 0 Å². The highest BCUT2D eigenvalue weighted by molar-refractivity contribution is 6.06. The van der Waals surface area contributed by atoms with Gasteiger partial charge in [0.1, 0.15) is 0 Å². The molecule has 3 heteroatoms. The van der Waals surface area contributed by atoms with Crippen molar-refractivity contribution >= 4 is 21.8 Å². The van der Waals surface area contributed by atoms with Crippen LogP contribution < -0.4 is 11.5 Å². The normalized spacial score (nSPS) is 9.18. The third-order valence-corrected chi connectivity index (χ3v) is 2.41. The van der Waals surface area contributed by atoms with E-state index in [2.05, 4.69) is 65.0 Å². The fraction of sp³-hybridized carbons (Fsp3) is 0.143. The van der Waals surface area contributed by atoms with Crippen LogP contribution >= 0.6 is 0 Å². The van der Waals surface area contributed by atoms with Crippen LogP contribution in [0.5, 0.6) is 0 Å². The Morgan fingerprint density at radius 2 is 1.00 bits per heavy atom. The molecule has 0 aliphatic heterocycles. The SMILES string of the molecule is CN.CN.c1ccc2c(c1)[nH]c1ccccc12. The monoisotopic (exact) mass is 229 g/mol. The maximum atomic E-state index is 4.50. The van der Waals surface area contributed by atoms with E-state index >= 15 is 0 Å². The van der Waals surface area contributed by atoms with Crippen molar-refractivity contribution in [1.82, 2.24) is 4.98 Å². The molecule has 0 saturated carbocycles. The van der Waals surface area contributed by atoms with Gasteiger partial charge < -0.3 is 16.5 Å². The third kappa shape index (κ3) is 2.64. The largest absolute Gasteiger partial charge is 0.355 e. The molecule has 2 aromatic carbocycles. The molecule has 90 valence electrons. The number of rotatable bonds is 0. The van der Waals surface area contributed by atoms with E-state index < -0.39 is 0 Å². The molecule has 0 radical (unpaired) electrons. The standard InChI is InChI=1S/C12H9N.2CH5N/c1-3-7-11-9(5-1)10-6-2-4-8-12(10)13-11;2*1-2/h1-8,13H;2*2H2,1H3. The topological polar surface area (TPSA) is 67.8 Å². The van der Waals surface area contributed by atoms with Gasteiger partial charge >= 0.3 is 0 Å². The smallest absolute Gasteiger partial charge is 0.0464 e. The van der Waals surface area contributed by atoms with Crippen LogP contribution in [-0.4, -0.2) is 19.1 Å². The number of hydrogen-bond acceptors (Lipinski definition) is 2. The van der Waals surface area contributed by atoms with E-state index in [0.717, 1.165) is 0 Å². The Morgan fingerprint density at radius 1 is 0.647 bits per heavy atom. The van der Waals surface area contributed by atoms with Crippen molar-refractivity contribution in [3.05, 3.63) is 48.5 Å². The summed E-state index contributed by atoms with van der Waals surface area (Å²) in [6, 6.07) is 16.8. The van der Waals surface area contributed by atoms with Gasteiger partial charge in [-0.2, -0.15) is 0 Å². The van der Waals surface area contributed by atoms with Gasteiger partial charge in [-0.15, -0.1) is 0 Å². The Hall–Kier alpha value is -1.84. The summed E-state index contributed by atoms with van der Waals surface area (Å²) >= 11 is 0. The van der Waals surface area contributed by atoms with Crippen molar-refractivity contribution in [2.24, 2.45) is 11.5 Å². The van der Waals surface area contributed by atoms with Crippen LogP contribution in [0, 0.1) is 0 Å². The van der Waals surface area contributed by atoms with E-state index in [1.807, 2.05) is 0 Å². The van der Waals surface area contributed by atoms with Crippen molar-refractivity contribution < 1.29 is 0 Å². The molecule has 1 heterocycles. The van der Waals surface area contributed by atoms with Gasteiger partial charge in [0.05, 0.1) is 0 Å². The lowest BCUT2D eigenvalue weighted by Gasteiger charge is -1.87. The van der Waals surface area contributed by atoms with E-state index in [0.29, 0.717) is 0 Å². The van der Waals surface area contributed by atoms with Crippen LogP contribution in [0.3, 0.4) is 0 Å². The van der Waals surface area contributed by atoms with E-state index in [-0.39, 0.29) is 0 Å². The molecule has 0 spiro atoms. The fourth-order valence-corrected chi connectivity index (χ4v) is 1.80. The summed E-state index contributed by atoms with van der Waals surface area (Å²) in [5.74, 6) is 0. The first-order valence-electron chi connectivity index (χ1n) is 5.56. The predicted molar refractivity (Wildman–Crippen MR) is 76.0 cm³/mol. The number of H-pyrrole nitrogens is 1. The summed E-state index contributed by atoms with van der Waals surface area (Å²) in [5, 5.41) is 2.61. The maximum absolute atomic E-state index is 4.50. The van der Waals surface area contributed by atoms with Crippen molar-refractivity contribution in [2.75, 3.05) is 14.1 Å². The molecule has 0 aliphatic carbocycles. The zero-order chi connectivity index (χ0) is 12.7. The number of hydrogen-bond donors (Lipinski definition) is 3. The molecule has 0 bridgehead atoms. The van der Waals surface area contributed by atoms with Crippen LogP contribution in [0.2, 0.25) is 0 Å². The first-order valence-corrected chi connectivity index (χ1v) is 5.56. The Balaban J connectivity index is 0.000000330. The van der Waals surface area contributed by atoms with Gasteiger partial charge in [-0.1, -0.05) is 36.4 Å². The highest BCUT2D eigenvalue weighted by Gasteiger charge is 2.00. The van der Waals surface area contributed by atoms with Gasteiger partial charge in [0, 0.05) is 21.8 Å². The Morgan fingerprint density at radius 3 is 1.41 bits per heavy atom. The van der Waals surface area contributed by atoms with Gasteiger partial charge in [-0.05, 0) is 26.2 Å². The van der Waals surface area contributed by atoms with Crippen molar-refractivity contribution in [1.29, 1.82) is 0 Å². The maximum Gasteiger partial charge on any atom is 0.0464 e. The number of aromatic amines is 1. The van der Waals surface area contributed by atoms with Crippen molar-refractivity contribution in [3.8, 4) is 0 Å². The molecule has 3 rings (SSSR count). The molecule has 0 fully saturated rings. The van der Waals surface area contributed by atoms with E-state index in [9.17, 15) is 0 Å². The van der Waals surface area contributed by atoms with Crippen LogP contribution in [0.15, 0.2) is 48.5 Å². The van der Waals surface area contributed by atoms with Crippen LogP contribution in [0.1, 0.15) is 0 Å². The second-order valence-electron chi connectivity index (χ2n) is 3.22. The quantitative estimate of drug-likeness (QED) is 0.554. The molecule has 5 N–H and O–H groups in total. The lowest BCUT2D eigenvalue weighted by atomic mass is 10.2. The number of fused-ring (bicyclic) bond motifs is 3. The molecule has 0 aliphatic rings. The first kappa shape index (κ1) is 13.2. The van der Waals surface area contributed by atoms with Crippen molar-refractivity contribution in [2.45, 2.75) is 0 Å². The molecule has 3 aromatic rings. The molecular formula is C14H19N3. The van der Waals surface area contributed by atoms with Gasteiger partial charge in [-0.3, -0.25) is 0 Å². The molecule has 0 unspecified atom stereocenters. The van der Waals surface area contributed by atoms with Gasteiger partial charge in [0.2, 0.25) is 0 Å². The van der Waals surface area contributed by atoms with Gasteiger partial charge in [0.25, 0.3) is 0 Å². The number of benzene rings is 2. The molecule has 0 amide bonds. The Bertz CT molecular complexity index is 519. The van der Waals surface area contributed by atoms with Crippen LogP contribution in [0.4, 0.5) is 0 Å². The fourth-order valence-electron chi connectivity index (χ4n) is 1.80. The molecule has 17 heavy (non-hydrogen) atoms. The second-order valence-corrected chi connectivity index (χ2v) is 3.22. The molecule has 1 aromatic heterocycles. The number of nitrogens with two attached hydrogens (primary N) is 2. The Labute approximate surface area is 101 Å². The van der Waals surface area contributed by atoms with Gasteiger partial charge in [-0.25, -0.2) is 0 Å². The first-order chi connectivity index (χ1) is 8.45. The Kier molecular flexibility index (Phi) is 5.20. The van der Waals surface area contributed by atoms with Crippen LogP contribution in [-0.2, 0) is 0 Å². The summed E-state index contributed by atoms with van der Waals surface area (Å²) in [7, 11) is 3.00. The molecular weight excluding hydrogens is 210 g/mol. The number of para-hydroxylation sites is 2. The third-order valence-electron chi connectivity index (χ3n) is 2.41. The highest BCUT2D eigenvalue weighted by Crippen LogP contribution is 2.24. The van der Waals surface area contributed by atoms with Crippen LogP contribution in [0.25, 0.3) is 21.8 Å². The predicted octanol–water partition coefficient (Wildman–Crippen LogP) is 2.47. The summed E-state index contributed by atoms with van der Waals surface area (Å²) in [6.07, 6.45) is 0. The summed E-state index contributed by atoms with van der Waals surface area (Å²) < 4.78 is 0. The summed E-state index contributed by atoms with van der Waals surface area (Å²) in [5.41, 5.74) is 11.4. The van der Waals surface area contributed by atoms with E-state index in [1.54, 1.807) is 0 Å². The zero-order valence-corrected chi connectivity index (χ0v) is 10.3. The molecule has 0 saturated heterocycles. The minimum absolute atomic E-state index is 1.21. The average Bonchev–Trinajstić information content (AvgIpc) is 2.82. The summed E-state index contributed by atoms with van der Waals surface area (Å²) in [6.45, 7) is 0. The van der Waals surface area contributed by atoms with Crippen molar-refractivity contribution in [3.63, 3.8) is 0 Å². The minimum Gasteiger partial charge on any atom is -0.355 e.